The number of rotatable bonds is 4. The van der Waals surface area contributed by atoms with Crippen LogP contribution in [0.1, 0.15) is 30.4 Å². The van der Waals surface area contributed by atoms with Crippen LogP contribution in [0.5, 0.6) is 0 Å². The Hall–Kier alpha value is 0.0500. The van der Waals surface area contributed by atoms with E-state index in [-0.39, 0.29) is 0 Å². The number of hydrogen-bond donors (Lipinski definition) is 0. The highest BCUT2D eigenvalue weighted by Gasteiger charge is 2.34. The number of alkyl halides is 1. The summed E-state index contributed by atoms with van der Waals surface area (Å²) < 4.78 is 0. The van der Waals surface area contributed by atoms with Gasteiger partial charge in [-0.05, 0) is 48.8 Å². The highest BCUT2D eigenvalue weighted by Crippen LogP contribution is 2.41. The SMILES string of the molecule is CSCCC1(CBr)CCCc2ccccc21. The molecule has 1 aliphatic carbocycles. The molecular formula is C14H19BrS. The second-order valence-electron chi connectivity index (χ2n) is 4.67. The van der Waals surface area contributed by atoms with Gasteiger partial charge < -0.3 is 0 Å². The van der Waals surface area contributed by atoms with Crippen LogP contribution in [0.3, 0.4) is 0 Å². The molecule has 1 aliphatic rings. The van der Waals surface area contributed by atoms with E-state index in [4.69, 9.17) is 0 Å². The first-order valence-corrected chi connectivity index (χ1v) is 8.47. The molecule has 1 aromatic carbocycles. The molecule has 88 valence electrons. The summed E-state index contributed by atoms with van der Waals surface area (Å²) in [4.78, 5) is 0. The molecule has 0 aliphatic heterocycles. The lowest BCUT2D eigenvalue weighted by Gasteiger charge is -2.38. The molecule has 0 fully saturated rings. The van der Waals surface area contributed by atoms with Crippen LogP contribution < -0.4 is 0 Å². The fraction of sp³-hybridized carbons (Fsp3) is 0.571. The maximum atomic E-state index is 3.76. The Kier molecular flexibility index (Phi) is 4.37. The van der Waals surface area contributed by atoms with E-state index in [0.717, 1.165) is 5.33 Å². The van der Waals surface area contributed by atoms with Crippen LogP contribution >= 0.6 is 27.7 Å². The van der Waals surface area contributed by atoms with Crippen molar-refractivity contribution >= 4 is 27.7 Å². The fourth-order valence-electron chi connectivity index (χ4n) is 2.77. The van der Waals surface area contributed by atoms with E-state index < -0.39 is 0 Å². The third kappa shape index (κ3) is 2.33. The van der Waals surface area contributed by atoms with Crippen molar-refractivity contribution in [3.05, 3.63) is 35.4 Å². The maximum Gasteiger partial charge on any atom is 0.0129 e. The van der Waals surface area contributed by atoms with Crippen LogP contribution in [0.25, 0.3) is 0 Å². The molecule has 2 heteroatoms. The van der Waals surface area contributed by atoms with Crippen molar-refractivity contribution in [2.24, 2.45) is 0 Å². The molecule has 0 aromatic heterocycles. The van der Waals surface area contributed by atoms with Crippen molar-refractivity contribution in [1.82, 2.24) is 0 Å². The molecule has 1 aromatic rings. The van der Waals surface area contributed by atoms with Gasteiger partial charge in [0.2, 0.25) is 0 Å². The van der Waals surface area contributed by atoms with Gasteiger partial charge in [-0.25, -0.2) is 0 Å². The summed E-state index contributed by atoms with van der Waals surface area (Å²) in [6, 6.07) is 9.03. The average Bonchev–Trinajstić information content (AvgIpc) is 2.36. The maximum absolute atomic E-state index is 3.76. The molecule has 2 rings (SSSR count). The molecule has 0 heterocycles. The van der Waals surface area contributed by atoms with Gasteiger partial charge in [-0.1, -0.05) is 40.2 Å². The van der Waals surface area contributed by atoms with Gasteiger partial charge in [0.05, 0.1) is 0 Å². The summed E-state index contributed by atoms with van der Waals surface area (Å²) in [5.74, 6) is 1.26. The van der Waals surface area contributed by atoms with Gasteiger partial charge in [-0.15, -0.1) is 0 Å². The van der Waals surface area contributed by atoms with Crippen molar-refractivity contribution in [3.8, 4) is 0 Å². The quantitative estimate of drug-likeness (QED) is 0.742. The molecule has 16 heavy (non-hydrogen) atoms. The van der Waals surface area contributed by atoms with E-state index in [1.54, 1.807) is 11.1 Å². The molecule has 1 atom stereocenters. The Balaban J connectivity index is 2.33. The minimum Gasteiger partial charge on any atom is -0.165 e. The summed E-state index contributed by atoms with van der Waals surface area (Å²) in [6.45, 7) is 0. The van der Waals surface area contributed by atoms with Crippen LogP contribution in [0.4, 0.5) is 0 Å². The third-order valence-corrected chi connectivity index (χ3v) is 5.42. The van der Waals surface area contributed by atoms with Gasteiger partial charge in [0.15, 0.2) is 0 Å². The predicted molar refractivity (Wildman–Crippen MR) is 77.9 cm³/mol. The van der Waals surface area contributed by atoms with E-state index >= 15 is 0 Å². The van der Waals surface area contributed by atoms with Crippen molar-refractivity contribution in [2.75, 3.05) is 17.3 Å². The zero-order chi connectivity index (χ0) is 11.4. The van der Waals surface area contributed by atoms with E-state index in [1.165, 1.54) is 31.4 Å². The second-order valence-corrected chi connectivity index (χ2v) is 6.21. The van der Waals surface area contributed by atoms with Gasteiger partial charge in [-0.2, -0.15) is 11.8 Å². The number of hydrogen-bond acceptors (Lipinski definition) is 1. The topological polar surface area (TPSA) is 0 Å². The lowest BCUT2D eigenvalue weighted by atomic mass is 9.70. The van der Waals surface area contributed by atoms with Crippen molar-refractivity contribution in [2.45, 2.75) is 31.1 Å². The Morgan fingerprint density at radius 2 is 2.19 bits per heavy atom. The number of thioether (sulfide) groups is 1. The standard InChI is InChI=1S/C14H19BrS/c1-16-10-9-14(11-15)8-4-6-12-5-2-3-7-13(12)14/h2-3,5,7H,4,6,8-11H2,1H3. The summed E-state index contributed by atoms with van der Waals surface area (Å²) in [7, 11) is 0. The summed E-state index contributed by atoms with van der Waals surface area (Å²) >= 11 is 5.72. The highest BCUT2D eigenvalue weighted by molar-refractivity contribution is 9.09. The molecule has 0 bridgehead atoms. The number of fused-ring (bicyclic) bond motifs is 1. The number of benzene rings is 1. The predicted octanol–water partition coefficient (Wildman–Crippen LogP) is 4.41. The largest absolute Gasteiger partial charge is 0.165 e. The third-order valence-electron chi connectivity index (χ3n) is 3.73. The van der Waals surface area contributed by atoms with Crippen LogP contribution in [-0.2, 0) is 11.8 Å². The molecule has 0 spiro atoms. The average molecular weight is 299 g/mol. The molecule has 0 nitrogen and oxygen atoms in total. The lowest BCUT2D eigenvalue weighted by Crippen LogP contribution is -2.33. The molecule has 0 amide bonds. The monoisotopic (exact) mass is 298 g/mol. The number of halogens is 1. The molecule has 0 radical (unpaired) electrons. The first-order chi connectivity index (χ1) is 7.82. The van der Waals surface area contributed by atoms with Crippen molar-refractivity contribution in [3.63, 3.8) is 0 Å². The van der Waals surface area contributed by atoms with Gasteiger partial charge in [0.25, 0.3) is 0 Å². The fourth-order valence-corrected chi connectivity index (χ4v) is 4.23. The number of aryl methyl sites for hydroxylation is 1. The zero-order valence-corrected chi connectivity index (χ0v) is 12.2. The van der Waals surface area contributed by atoms with Gasteiger partial charge in [0.1, 0.15) is 0 Å². The van der Waals surface area contributed by atoms with E-state index in [9.17, 15) is 0 Å². The summed E-state index contributed by atoms with van der Waals surface area (Å²) in [5.41, 5.74) is 3.58. The van der Waals surface area contributed by atoms with Crippen LogP contribution in [0.15, 0.2) is 24.3 Å². The Bertz CT molecular complexity index is 350. The lowest BCUT2D eigenvalue weighted by molar-refractivity contribution is 0.394. The van der Waals surface area contributed by atoms with Gasteiger partial charge in [-0.3, -0.25) is 0 Å². The molecule has 0 N–H and O–H groups in total. The summed E-state index contributed by atoms with van der Waals surface area (Å²) in [5, 5.41) is 1.11. The Morgan fingerprint density at radius 1 is 1.38 bits per heavy atom. The normalized spacial score (nSPS) is 24.1. The van der Waals surface area contributed by atoms with Crippen molar-refractivity contribution < 1.29 is 0 Å². The zero-order valence-electron chi connectivity index (χ0n) is 9.84. The second kappa shape index (κ2) is 5.59. The van der Waals surface area contributed by atoms with Crippen molar-refractivity contribution in [1.29, 1.82) is 0 Å². The Labute approximate surface area is 111 Å². The smallest absolute Gasteiger partial charge is 0.0129 e. The van der Waals surface area contributed by atoms with E-state index in [1.807, 2.05) is 11.8 Å². The van der Waals surface area contributed by atoms with E-state index in [2.05, 4.69) is 46.5 Å². The van der Waals surface area contributed by atoms with Crippen LogP contribution in [0.2, 0.25) is 0 Å². The molecular weight excluding hydrogens is 280 g/mol. The molecule has 0 saturated heterocycles. The molecule has 1 unspecified atom stereocenters. The highest BCUT2D eigenvalue weighted by atomic mass is 79.9. The first kappa shape index (κ1) is 12.5. The minimum atomic E-state index is 0.401. The van der Waals surface area contributed by atoms with E-state index in [0.29, 0.717) is 5.41 Å². The Morgan fingerprint density at radius 3 is 2.94 bits per heavy atom. The van der Waals surface area contributed by atoms with Gasteiger partial charge >= 0.3 is 0 Å². The molecule has 0 saturated carbocycles. The minimum absolute atomic E-state index is 0.401. The first-order valence-electron chi connectivity index (χ1n) is 5.96. The van der Waals surface area contributed by atoms with Crippen LogP contribution in [-0.4, -0.2) is 17.3 Å². The van der Waals surface area contributed by atoms with Gasteiger partial charge in [0, 0.05) is 10.7 Å². The van der Waals surface area contributed by atoms with Crippen LogP contribution in [0, 0.1) is 0 Å². The summed E-state index contributed by atoms with van der Waals surface area (Å²) in [6.07, 6.45) is 7.46.